The van der Waals surface area contributed by atoms with Crippen LogP contribution in [0.5, 0.6) is 17.2 Å². The van der Waals surface area contributed by atoms with Gasteiger partial charge in [0.2, 0.25) is 5.75 Å². The van der Waals surface area contributed by atoms with E-state index in [1.807, 2.05) is 0 Å². The Morgan fingerprint density at radius 3 is 2.11 bits per heavy atom. The van der Waals surface area contributed by atoms with E-state index in [0.717, 1.165) is 4.57 Å². The Labute approximate surface area is 160 Å². The highest BCUT2D eigenvalue weighted by molar-refractivity contribution is 5.92. The van der Waals surface area contributed by atoms with Crippen molar-refractivity contribution in [2.75, 3.05) is 26.8 Å². The van der Waals surface area contributed by atoms with Crippen LogP contribution < -0.4 is 36.3 Å². The standard InChI is InChI=1S/C18H22N4O6/c1-21-14(10-16(24)22(2)18(21)25)19-20-15(23)7-6-11-8-12(26-3)17(28-5)13(9-11)27-4/h6-10,19H,1-5H3,(H,20,23)/b7-6+. The number of benzene rings is 1. The fourth-order valence-corrected chi connectivity index (χ4v) is 2.39. The third-order valence-electron chi connectivity index (χ3n) is 3.95. The van der Waals surface area contributed by atoms with Crippen LogP contribution in [0.4, 0.5) is 5.82 Å². The van der Waals surface area contributed by atoms with Gasteiger partial charge in [0.25, 0.3) is 11.5 Å². The Balaban J connectivity index is 2.15. The van der Waals surface area contributed by atoms with Crippen LogP contribution in [0.2, 0.25) is 0 Å². The van der Waals surface area contributed by atoms with E-state index in [1.165, 1.54) is 52.1 Å². The summed E-state index contributed by atoms with van der Waals surface area (Å²) in [7, 11) is 7.33. The summed E-state index contributed by atoms with van der Waals surface area (Å²) in [5, 5.41) is 0. The number of amides is 1. The topological polar surface area (TPSA) is 113 Å². The summed E-state index contributed by atoms with van der Waals surface area (Å²) in [5.41, 5.74) is 4.58. The predicted octanol–water partition coefficient (Wildman–Crippen LogP) is 0.266. The molecule has 1 heterocycles. The summed E-state index contributed by atoms with van der Waals surface area (Å²) in [6, 6.07) is 4.57. The first-order chi connectivity index (χ1) is 13.3. The Kier molecular flexibility index (Phi) is 6.48. The molecule has 0 radical (unpaired) electrons. The number of anilines is 1. The van der Waals surface area contributed by atoms with Crippen molar-refractivity contribution in [1.82, 2.24) is 14.6 Å². The van der Waals surface area contributed by atoms with Crippen LogP contribution in [0.3, 0.4) is 0 Å². The third-order valence-corrected chi connectivity index (χ3v) is 3.95. The lowest BCUT2D eigenvalue weighted by molar-refractivity contribution is -0.116. The molecule has 1 aromatic carbocycles. The fourth-order valence-electron chi connectivity index (χ4n) is 2.39. The zero-order valence-electron chi connectivity index (χ0n) is 16.2. The second-order valence-corrected chi connectivity index (χ2v) is 5.67. The van der Waals surface area contributed by atoms with E-state index in [4.69, 9.17) is 14.2 Å². The molecule has 10 heteroatoms. The van der Waals surface area contributed by atoms with Crippen LogP contribution >= 0.6 is 0 Å². The van der Waals surface area contributed by atoms with Crippen molar-refractivity contribution < 1.29 is 19.0 Å². The SMILES string of the molecule is COc1cc(/C=C/C(=O)NNc2cc(=O)n(C)c(=O)n2C)cc(OC)c1OC. The lowest BCUT2D eigenvalue weighted by Gasteiger charge is -2.13. The van der Waals surface area contributed by atoms with Crippen molar-refractivity contribution in [1.29, 1.82) is 0 Å². The molecule has 0 unspecified atom stereocenters. The van der Waals surface area contributed by atoms with E-state index in [2.05, 4.69) is 10.9 Å². The zero-order chi connectivity index (χ0) is 20.8. The smallest absolute Gasteiger partial charge is 0.332 e. The number of carbonyl (C=O) groups is 1. The average Bonchev–Trinajstić information content (AvgIpc) is 2.71. The largest absolute Gasteiger partial charge is 0.493 e. The van der Waals surface area contributed by atoms with Crippen molar-refractivity contribution in [2.24, 2.45) is 14.1 Å². The Bertz CT molecular complexity index is 997. The van der Waals surface area contributed by atoms with E-state index < -0.39 is 17.2 Å². The number of aromatic nitrogens is 2. The molecule has 0 saturated heterocycles. The molecule has 2 N–H and O–H groups in total. The minimum Gasteiger partial charge on any atom is -0.493 e. The number of rotatable bonds is 7. The second kappa shape index (κ2) is 8.80. The van der Waals surface area contributed by atoms with E-state index in [-0.39, 0.29) is 5.82 Å². The number of methoxy groups -OCH3 is 3. The molecule has 28 heavy (non-hydrogen) atoms. The molecule has 0 saturated carbocycles. The quantitative estimate of drug-likeness (QED) is 0.515. The number of ether oxygens (including phenoxy) is 3. The molecule has 1 aromatic heterocycles. The minimum absolute atomic E-state index is 0.155. The Morgan fingerprint density at radius 1 is 0.964 bits per heavy atom. The van der Waals surface area contributed by atoms with Crippen LogP contribution in [-0.2, 0) is 18.9 Å². The highest BCUT2D eigenvalue weighted by Crippen LogP contribution is 2.38. The molecule has 0 atom stereocenters. The lowest BCUT2D eigenvalue weighted by Crippen LogP contribution is -2.39. The molecular formula is C18H22N4O6. The van der Waals surface area contributed by atoms with Crippen LogP contribution in [0.15, 0.2) is 33.9 Å². The summed E-state index contributed by atoms with van der Waals surface area (Å²) in [5.74, 6) is 1.01. The second-order valence-electron chi connectivity index (χ2n) is 5.67. The van der Waals surface area contributed by atoms with Crippen LogP contribution in [0.25, 0.3) is 6.08 Å². The van der Waals surface area contributed by atoms with Crippen molar-refractivity contribution in [2.45, 2.75) is 0 Å². The Morgan fingerprint density at radius 2 is 1.57 bits per heavy atom. The van der Waals surface area contributed by atoms with Gasteiger partial charge in [-0.15, -0.1) is 0 Å². The average molecular weight is 390 g/mol. The minimum atomic E-state index is -0.516. The molecule has 0 fully saturated rings. The first-order valence-electron chi connectivity index (χ1n) is 8.13. The van der Waals surface area contributed by atoms with Gasteiger partial charge in [-0.25, -0.2) is 4.79 Å². The summed E-state index contributed by atoms with van der Waals surface area (Å²) in [4.78, 5) is 35.6. The number of hydrogen-bond acceptors (Lipinski definition) is 7. The van der Waals surface area contributed by atoms with Gasteiger partial charge in [-0.1, -0.05) is 0 Å². The van der Waals surface area contributed by atoms with Gasteiger partial charge in [0.15, 0.2) is 11.5 Å². The van der Waals surface area contributed by atoms with E-state index in [0.29, 0.717) is 22.8 Å². The van der Waals surface area contributed by atoms with Gasteiger partial charge in [-0.2, -0.15) is 0 Å². The van der Waals surface area contributed by atoms with E-state index in [9.17, 15) is 14.4 Å². The fraction of sp³-hybridized carbons (Fsp3) is 0.278. The summed E-state index contributed by atoms with van der Waals surface area (Å²) in [6.45, 7) is 0. The van der Waals surface area contributed by atoms with Gasteiger partial charge in [0, 0.05) is 26.2 Å². The van der Waals surface area contributed by atoms with Gasteiger partial charge in [-0.3, -0.25) is 29.6 Å². The number of nitrogens with one attached hydrogen (secondary N) is 2. The molecule has 0 spiro atoms. The summed E-state index contributed by atoms with van der Waals surface area (Å²) < 4.78 is 17.9. The maximum Gasteiger partial charge on any atom is 0.332 e. The molecule has 1 amide bonds. The lowest BCUT2D eigenvalue weighted by atomic mass is 10.1. The normalized spacial score (nSPS) is 10.6. The molecule has 0 aliphatic rings. The van der Waals surface area contributed by atoms with E-state index in [1.54, 1.807) is 18.2 Å². The predicted molar refractivity (Wildman–Crippen MR) is 104 cm³/mol. The number of hydrazine groups is 1. The number of hydrogen-bond donors (Lipinski definition) is 2. The van der Waals surface area contributed by atoms with Gasteiger partial charge in [0.05, 0.1) is 21.3 Å². The summed E-state index contributed by atoms with van der Waals surface area (Å²) in [6.07, 6.45) is 2.82. The number of carbonyl (C=O) groups excluding carboxylic acids is 1. The van der Waals surface area contributed by atoms with Gasteiger partial charge in [0.1, 0.15) is 5.82 Å². The van der Waals surface area contributed by atoms with Gasteiger partial charge >= 0.3 is 5.69 Å². The third kappa shape index (κ3) is 4.34. The highest BCUT2D eigenvalue weighted by Gasteiger charge is 2.12. The van der Waals surface area contributed by atoms with Crippen LogP contribution in [-0.4, -0.2) is 36.4 Å². The molecule has 2 rings (SSSR count). The molecule has 2 aromatic rings. The van der Waals surface area contributed by atoms with E-state index >= 15 is 0 Å². The molecule has 150 valence electrons. The monoisotopic (exact) mass is 390 g/mol. The Hall–Kier alpha value is -3.69. The molecular weight excluding hydrogens is 368 g/mol. The maximum absolute atomic E-state index is 12.1. The zero-order valence-corrected chi connectivity index (χ0v) is 16.2. The molecule has 0 aliphatic heterocycles. The molecule has 0 bridgehead atoms. The van der Waals surface area contributed by atoms with Crippen LogP contribution in [0, 0.1) is 0 Å². The first-order valence-corrected chi connectivity index (χ1v) is 8.13. The van der Waals surface area contributed by atoms with Gasteiger partial charge in [-0.05, 0) is 23.8 Å². The van der Waals surface area contributed by atoms with Crippen molar-refractivity contribution in [3.8, 4) is 17.2 Å². The van der Waals surface area contributed by atoms with Gasteiger partial charge < -0.3 is 14.2 Å². The maximum atomic E-state index is 12.1. The van der Waals surface area contributed by atoms with Crippen LogP contribution in [0.1, 0.15) is 5.56 Å². The van der Waals surface area contributed by atoms with Crippen molar-refractivity contribution >= 4 is 17.8 Å². The highest BCUT2D eigenvalue weighted by atomic mass is 16.5. The molecule has 10 nitrogen and oxygen atoms in total. The van der Waals surface area contributed by atoms with Crippen molar-refractivity contribution in [3.05, 3.63) is 50.7 Å². The summed E-state index contributed by atoms with van der Waals surface area (Å²) >= 11 is 0. The van der Waals surface area contributed by atoms with Crippen molar-refractivity contribution in [3.63, 3.8) is 0 Å². The first kappa shape index (κ1) is 20.6. The molecule has 0 aliphatic carbocycles. The number of nitrogens with zero attached hydrogens (tertiary/aromatic N) is 2.